The minimum absolute atomic E-state index is 0.0948. The van der Waals surface area contributed by atoms with Crippen LogP contribution in [0.5, 0.6) is 0 Å². The molecule has 2 aromatic rings. The van der Waals surface area contributed by atoms with Gasteiger partial charge < -0.3 is 20.8 Å². The Hall–Kier alpha value is -2.12. The molecule has 1 fully saturated rings. The number of hydrogen-bond donors (Lipinski definition) is 2. The van der Waals surface area contributed by atoms with Gasteiger partial charge in [0.2, 0.25) is 10.0 Å². The Morgan fingerprint density at radius 1 is 1.00 bits per heavy atom. The number of aromatic nitrogens is 1. The van der Waals surface area contributed by atoms with E-state index in [2.05, 4.69) is 15.0 Å². The van der Waals surface area contributed by atoms with E-state index < -0.39 is 10.0 Å². The fourth-order valence-electron chi connectivity index (χ4n) is 2.12. The zero-order chi connectivity index (χ0) is 16.5. The van der Waals surface area contributed by atoms with Gasteiger partial charge in [-0.15, -0.1) is 0 Å². The molecule has 3 rings (SSSR count). The van der Waals surface area contributed by atoms with E-state index in [0.29, 0.717) is 5.69 Å². The molecule has 0 unspecified atom stereocenters. The zero-order valence-electron chi connectivity index (χ0n) is 12.9. The van der Waals surface area contributed by atoms with Crippen molar-refractivity contribution >= 4 is 21.5 Å². The van der Waals surface area contributed by atoms with Gasteiger partial charge in [-0.25, -0.2) is 8.42 Å². The highest BCUT2D eigenvalue weighted by Crippen LogP contribution is 2.25. The molecule has 1 aliphatic rings. The lowest BCUT2D eigenvalue weighted by molar-refractivity contribution is -0.662. The second-order valence-corrected chi connectivity index (χ2v) is 6.85. The average molecular weight is 334 g/mol. The summed E-state index contributed by atoms with van der Waals surface area (Å²) < 4.78 is 27.3. The molecule has 1 aromatic carbocycles. The van der Waals surface area contributed by atoms with E-state index in [1.807, 2.05) is 0 Å². The summed E-state index contributed by atoms with van der Waals surface area (Å²) in [5.41, 5.74) is 5.99. The van der Waals surface area contributed by atoms with Crippen LogP contribution in [0.2, 0.25) is 0 Å². The first-order chi connectivity index (χ1) is 11.1. The molecule has 23 heavy (non-hydrogen) atoms. The second kappa shape index (κ2) is 8.50. The van der Waals surface area contributed by atoms with Crippen LogP contribution in [0.4, 0.5) is 11.5 Å². The van der Waals surface area contributed by atoms with Crippen LogP contribution < -0.4 is 11.1 Å². The average Bonchev–Trinajstić information content (AvgIpc) is 2.58. The van der Waals surface area contributed by atoms with Gasteiger partial charge >= 0.3 is 0 Å². The van der Waals surface area contributed by atoms with Crippen LogP contribution in [-0.2, 0) is 10.0 Å². The van der Waals surface area contributed by atoms with Crippen molar-refractivity contribution in [1.29, 1.82) is 0 Å². The molecular formula is C16H22N4O2S. The van der Waals surface area contributed by atoms with E-state index in [0.717, 1.165) is 0 Å². The lowest BCUT2D eigenvalue weighted by atomic mass is 10.2. The van der Waals surface area contributed by atoms with Gasteiger partial charge in [0.05, 0.1) is 18.0 Å². The van der Waals surface area contributed by atoms with Crippen molar-refractivity contribution < 1.29 is 13.7 Å². The molecule has 1 aliphatic heterocycles. The minimum Gasteiger partial charge on any atom is -0.442 e. The third-order valence-electron chi connectivity index (χ3n) is 3.36. The maximum atomic E-state index is 11.9. The number of anilines is 1. The Labute approximate surface area is 137 Å². The van der Waals surface area contributed by atoms with Crippen LogP contribution in [0.15, 0.2) is 53.6 Å². The molecule has 6 nitrogen and oxygen atoms in total. The number of piperidine rings is 1. The highest BCUT2D eigenvalue weighted by atomic mass is 32.2. The first kappa shape index (κ1) is 17.2. The molecule has 7 heteroatoms. The van der Waals surface area contributed by atoms with Crippen LogP contribution >= 0.6 is 0 Å². The Morgan fingerprint density at radius 3 is 2.17 bits per heavy atom. The fraction of sp³-hybridized carbons (Fsp3) is 0.312. The third-order valence-corrected chi connectivity index (χ3v) is 4.65. The number of nitrogens with two attached hydrogens (primary N) is 2. The van der Waals surface area contributed by atoms with Crippen LogP contribution in [0.25, 0.3) is 4.72 Å². The number of pyridine rings is 1. The van der Waals surface area contributed by atoms with Gasteiger partial charge in [0.25, 0.3) is 0 Å². The predicted octanol–water partition coefficient (Wildman–Crippen LogP) is 1.79. The molecule has 0 atom stereocenters. The van der Waals surface area contributed by atoms with E-state index in [4.69, 9.17) is 5.73 Å². The molecule has 0 bridgehead atoms. The number of sulfonamides is 1. The Bertz CT molecular complexity index is 672. The Morgan fingerprint density at radius 2 is 1.70 bits per heavy atom. The quantitative estimate of drug-likeness (QED) is 0.835. The highest BCUT2D eigenvalue weighted by Gasteiger charge is 2.08. The Kier molecular flexibility index (Phi) is 6.37. The molecule has 4 N–H and O–H groups in total. The van der Waals surface area contributed by atoms with Crippen LogP contribution in [0, 0.1) is 0 Å². The highest BCUT2D eigenvalue weighted by molar-refractivity contribution is 7.94. The summed E-state index contributed by atoms with van der Waals surface area (Å²) in [5, 5.41) is 2.39. The molecule has 1 aromatic heterocycles. The van der Waals surface area contributed by atoms with Crippen molar-refractivity contribution in [2.75, 3.05) is 18.8 Å². The number of rotatable bonds is 3. The smallest absolute Gasteiger partial charge is 0.202 e. The summed E-state index contributed by atoms with van der Waals surface area (Å²) in [7, 11) is -3.72. The summed E-state index contributed by atoms with van der Waals surface area (Å²) >= 11 is 0. The largest absolute Gasteiger partial charge is 0.442 e. The van der Waals surface area contributed by atoms with Gasteiger partial charge in [-0.2, -0.15) is 0 Å². The van der Waals surface area contributed by atoms with Gasteiger partial charge in [-0.1, -0.05) is 24.4 Å². The lowest BCUT2D eigenvalue weighted by Gasteiger charge is -2.14. The molecule has 1 saturated heterocycles. The molecular weight excluding hydrogens is 312 g/mol. The number of nitrogens with zero attached hydrogens (tertiary/aromatic N) is 2. The number of hydrogen-bond acceptors (Lipinski definition) is 4. The SMILES string of the molecule is C1CC[NH2+]CC1.Nc1ccc(S(=O)(=O)[N-]c2ccccn2)cc1. The predicted molar refractivity (Wildman–Crippen MR) is 90.8 cm³/mol. The van der Waals surface area contributed by atoms with Crippen molar-refractivity contribution in [2.24, 2.45) is 0 Å². The monoisotopic (exact) mass is 334 g/mol. The van der Waals surface area contributed by atoms with E-state index in [-0.39, 0.29) is 10.7 Å². The molecule has 0 amide bonds. The maximum absolute atomic E-state index is 11.9. The summed E-state index contributed by atoms with van der Waals surface area (Å²) in [6.07, 6.45) is 5.84. The van der Waals surface area contributed by atoms with Crippen molar-refractivity contribution in [1.82, 2.24) is 4.98 Å². The number of nitrogen functional groups attached to an aromatic ring is 1. The molecule has 0 saturated carbocycles. The summed E-state index contributed by atoms with van der Waals surface area (Å²) in [6.45, 7) is 2.75. The molecule has 2 heterocycles. The number of quaternary nitrogens is 1. The van der Waals surface area contributed by atoms with E-state index in [1.54, 1.807) is 12.1 Å². The molecule has 0 radical (unpaired) electrons. The van der Waals surface area contributed by atoms with Crippen molar-refractivity contribution in [3.05, 3.63) is 53.4 Å². The fourth-order valence-corrected chi connectivity index (χ4v) is 3.06. The second-order valence-electron chi connectivity index (χ2n) is 5.25. The van der Waals surface area contributed by atoms with Gasteiger partial charge in [0.15, 0.2) is 0 Å². The van der Waals surface area contributed by atoms with Crippen molar-refractivity contribution in [3.63, 3.8) is 0 Å². The van der Waals surface area contributed by atoms with Gasteiger partial charge in [-0.3, -0.25) is 0 Å². The van der Waals surface area contributed by atoms with Gasteiger partial charge in [-0.05, 0) is 49.3 Å². The van der Waals surface area contributed by atoms with E-state index in [1.165, 1.54) is 68.9 Å². The first-order valence-corrected chi connectivity index (χ1v) is 9.08. The van der Waals surface area contributed by atoms with Gasteiger partial charge in [0.1, 0.15) is 0 Å². The molecule has 0 spiro atoms. The summed E-state index contributed by atoms with van der Waals surface area (Å²) in [5.74, 6) is 0.157. The van der Waals surface area contributed by atoms with Crippen LogP contribution in [0.3, 0.4) is 0 Å². The van der Waals surface area contributed by atoms with Crippen molar-refractivity contribution in [2.45, 2.75) is 24.2 Å². The third kappa shape index (κ3) is 5.88. The van der Waals surface area contributed by atoms with Crippen LogP contribution in [0.1, 0.15) is 19.3 Å². The van der Waals surface area contributed by atoms with Crippen molar-refractivity contribution in [3.8, 4) is 0 Å². The summed E-state index contributed by atoms with van der Waals surface area (Å²) in [4.78, 5) is 3.93. The topological polar surface area (TPSA) is 104 Å². The molecule has 0 aliphatic carbocycles. The van der Waals surface area contributed by atoms with E-state index >= 15 is 0 Å². The maximum Gasteiger partial charge on any atom is 0.202 e. The lowest BCUT2D eigenvalue weighted by Crippen LogP contribution is -2.85. The van der Waals surface area contributed by atoms with Crippen LogP contribution in [-0.4, -0.2) is 26.5 Å². The van der Waals surface area contributed by atoms with Gasteiger partial charge in [0, 0.05) is 5.69 Å². The Balaban J connectivity index is 0.000000268. The standard InChI is InChI=1S/C11H10N3O2S.C5H11N/c12-9-4-6-10(7-5-9)17(15,16)14-11-3-1-2-8-13-11;1-2-4-6-5-3-1/h1-8H,12H2;6H,1-5H2/q-1;/p+1. The summed E-state index contributed by atoms with van der Waals surface area (Å²) in [6, 6.07) is 10.7. The zero-order valence-corrected chi connectivity index (χ0v) is 13.7. The van der Waals surface area contributed by atoms with E-state index in [9.17, 15) is 8.42 Å². The normalized spacial score (nSPS) is 14.4. The first-order valence-electron chi connectivity index (χ1n) is 7.64. The minimum atomic E-state index is -3.72. The number of benzene rings is 1. The molecule has 124 valence electrons.